The minimum atomic E-state index is 0.817. The van der Waals surface area contributed by atoms with Crippen LogP contribution in [0.5, 0.6) is 0 Å². The molecule has 0 aromatic carbocycles. The number of H-pyrrole nitrogens is 1. The van der Waals surface area contributed by atoms with Gasteiger partial charge in [-0.05, 0) is 0 Å². The van der Waals surface area contributed by atoms with Gasteiger partial charge in [-0.15, -0.1) is 0 Å². The zero-order valence-electron chi connectivity index (χ0n) is 8.91. The summed E-state index contributed by atoms with van der Waals surface area (Å²) in [4.78, 5) is 8.35. The van der Waals surface area contributed by atoms with Gasteiger partial charge in [-0.2, -0.15) is 5.10 Å². The van der Waals surface area contributed by atoms with Gasteiger partial charge in [-0.25, -0.2) is 9.97 Å². The van der Waals surface area contributed by atoms with Crippen molar-refractivity contribution in [2.45, 2.75) is 33.6 Å². The summed E-state index contributed by atoms with van der Waals surface area (Å²) in [7, 11) is 0. The second-order valence-corrected chi connectivity index (χ2v) is 3.02. The Bertz CT molecular complexity index is 380. The van der Waals surface area contributed by atoms with Crippen LogP contribution >= 0.6 is 0 Å². The fourth-order valence-electron chi connectivity index (χ4n) is 0.945. The van der Waals surface area contributed by atoms with Gasteiger partial charge >= 0.3 is 0 Å². The van der Waals surface area contributed by atoms with Gasteiger partial charge in [-0.3, -0.25) is 5.10 Å². The third-order valence-electron chi connectivity index (χ3n) is 1.56. The van der Waals surface area contributed by atoms with Crippen LogP contribution in [0.2, 0.25) is 0 Å². The quantitative estimate of drug-likeness (QED) is 0.754. The minimum Gasteiger partial charge on any atom is -0.261 e. The molecule has 1 N–H and O–H groups in total. The van der Waals surface area contributed by atoms with Crippen LogP contribution in [-0.4, -0.2) is 20.2 Å². The van der Waals surface area contributed by atoms with Gasteiger partial charge in [0.15, 0.2) is 5.65 Å². The van der Waals surface area contributed by atoms with Crippen molar-refractivity contribution in [3.8, 4) is 0 Å². The van der Waals surface area contributed by atoms with Gasteiger partial charge < -0.3 is 0 Å². The monoisotopic (exact) mass is 192 g/mol. The number of rotatable bonds is 1. The van der Waals surface area contributed by atoms with Gasteiger partial charge in [0.25, 0.3) is 0 Å². The minimum absolute atomic E-state index is 0.817. The van der Waals surface area contributed by atoms with Gasteiger partial charge in [0, 0.05) is 12.6 Å². The van der Waals surface area contributed by atoms with E-state index in [-0.39, 0.29) is 0 Å². The molecule has 0 bridgehead atoms. The van der Waals surface area contributed by atoms with Crippen LogP contribution in [0.3, 0.4) is 0 Å². The molecular weight excluding hydrogens is 176 g/mol. The molecule has 2 rings (SSSR count). The highest BCUT2D eigenvalue weighted by Crippen LogP contribution is 2.05. The average Bonchev–Trinajstić information content (AvgIpc) is 2.65. The number of fused-ring (bicyclic) bond motifs is 1. The van der Waals surface area contributed by atoms with Crippen molar-refractivity contribution in [3.05, 3.63) is 18.2 Å². The maximum atomic E-state index is 4.22. The lowest BCUT2D eigenvalue weighted by Gasteiger charge is -1.91. The smallest absolute Gasteiger partial charge is 0.158 e. The molecule has 4 heteroatoms. The first-order valence-corrected chi connectivity index (χ1v) is 4.96. The molecule has 0 fully saturated rings. The van der Waals surface area contributed by atoms with E-state index >= 15 is 0 Å². The van der Waals surface area contributed by atoms with Crippen molar-refractivity contribution < 1.29 is 0 Å². The molecule has 4 nitrogen and oxygen atoms in total. The molecule has 2 heterocycles. The van der Waals surface area contributed by atoms with Crippen molar-refractivity contribution >= 4 is 11.0 Å². The predicted octanol–water partition coefficient (Wildman–Crippen LogP) is 2.33. The van der Waals surface area contributed by atoms with Crippen molar-refractivity contribution in [2.75, 3.05) is 0 Å². The predicted molar refractivity (Wildman–Crippen MR) is 57.0 cm³/mol. The van der Waals surface area contributed by atoms with E-state index in [9.17, 15) is 0 Å². The normalized spacial score (nSPS) is 9.64. The van der Waals surface area contributed by atoms with Gasteiger partial charge in [0.05, 0.1) is 11.6 Å². The lowest BCUT2D eigenvalue weighted by molar-refractivity contribution is 0.950. The zero-order valence-corrected chi connectivity index (χ0v) is 8.91. The van der Waals surface area contributed by atoms with Crippen molar-refractivity contribution in [2.24, 2.45) is 0 Å². The van der Waals surface area contributed by atoms with Crippen LogP contribution in [0.15, 0.2) is 12.4 Å². The summed E-state index contributed by atoms with van der Waals surface area (Å²) in [6.07, 6.45) is 5.61. The largest absolute Gasteiger partial charge is 0.261 e. The molecule has 0 aliphatic heterocycles. The Morgan fingerprint density at radius 3 is 2.57 bits per heavy atom. The Morgan fingerprint density at radius 1 is 1.21 bits per heavy atom. The molecule has 0 radical (unpaired) electrons. The maximum Gasteiger partial charge on any atom is 0.158 e. The first-order chi connectivity index (χ1) is 6.81. The first-order valence-electron chi connectivity index (χ1n) is 4.96. The lowest BCUT2D eigenvalue weighted by atomic mass is 10.4. The number of aromatic amines is 1. The summed E-state index contributed by atoms with van der Waals surface area (Å²) in [5.74, 6) is 0.849. The molecule has 76 valence electrons. The molecule has 2 aromatic rings. The number of hydrogen-bond donors (Lipinski definition) is 1. The second-order valence-electron chi connectivity index (χ2n) is 3.02. The van der Waals surface area contributed by atoms with Crippen LogP contribution < -0.4 is 0 Å². The Hall–Kier alpha value is -1.45. The fourth-order valence-corrected chi connectivity index (χ4v) is 0.945. The maximum absolute atomic E-state index is 4.22. The molecule has 2 aromatic heterocycles. The number of aromatic nitrogens is 4. The van der Waals surface area contributed by atoms with Crippen LogP contribution in [0, 0.1) is 0 Å². The molecule has 0 unspecified atom stereocenters. The van der Waals surface area contributed by atoms with Crippen molar-refractivity contribution in [1.29, 1.82) is 0 Å². The molecule has 0 aliphatic rings. The Labute approximate surface area is 83.8 Å². The summed E-state index contributed by atoms with van der Waals surface area (Å²) < 4.78 is 0. The Morgan fingerprint density at radius 2 is 1.93 bits per heavy atom. The number of nitrogens with zero attached hydrogens (tertiary/aromatic N) is 3. The van der Waals surface area contributed by atoms with Crippen LogP contribution in [-0.2, 0) is 6.42 Å². The number of aryl methyl sites for hydroxylation is 1. The molecule has 0 saturated heterocycles. The highest BCUT2D eigenvalue weighted by molar-refractivity contribution is 5.72. The van der Waals surface area contributed by atoms with Gasteiger partial charge in [-0.1, -0.05) is 27.2 Å². The van der Waals surface area contributed by atoms with Crippen molar-refractivity contribution in [1.82, 2.24) is 20.2 Å². The van der Waals surface area contributed by atoms with E-state index in [4.69, 9.17) is 0 Å². The van der Waals surface area contributed by atoms with Crippen LogP contribution in [0.25, 0.3) is 11.0 Å². The molecule has 14 heavy (non-hydrogen) atoms. The molecule has 0 aliphatic carbocycles. The average molecular weight is 192 g/mol. The Kier molecular flexibility index (Phi) is 4.04. The van der Waals surface area contributed by atoms with Gasteiger partial charge in [0.2, 0.25) is 0 Å². The third kappa shape index (κ3) is 2.52. The van der Waals surface area contributed by atoms with E-state index in [1.807, 2.05) is 6.92 Å². The summed E-state index contributed by atoms with van der Waals surface area (Å²) in [5.41, 5.74) is 0.817. The highest BCUT2D eigenvalue weighted by Gasteiger charge is 1.97. The zero-order chi connectivity index (χ0) is 10.4. The lowest BCUT2D eigenvalue weighted by Crippen LogP contribution is -1.91. The SMILES string of the molecule is CCC.CCc1ncc2cn[nH]c2n1. The van der Waals surface area contributed by atoms with E-state index < -0.39 is 0 Å². The molecule has 0 atom stereocenters. The van der Waals surface area contributed by atoms with Crippen molar-refractivity contribution in [3.63, 3.8) is 0 Å². The summed E-state index contributed by atoms with van der Waals surface area (Å²) in [6.45, 7) is 6.28. The number of hydrogen-bond acceptors (Lipinski definition) is 3. The molecule has 0 saturated carbocycles. The van der Waals surface area contributed by atoms with Crippen LogP contribution in [0.4, 0.5) is 0 Å². The van der Waals surface area contributed by atoms with E-state index in [0.717, 1.165) is 23.3 Å². The standard InChI is InChI=1S/C7H8N4.C3H8/c1-2-6-8-3-5-4-9-11-7(5)10-6;1-3-2/h3-4H,2H2,1H3,(H,8,9,10,11);3H2,1-2H3. The van der Waals surface area contributed by atoms with E-state index in [2.05, 4.69) is 34.0 Å². The summed E-state index contributed by atoms with van der Waals surface area (Å²) >= 11 is 0. The summed E-state index contributed by atoms with van der Waals surface area (Å²) in [6, 6.07) is 0. The first kappa shape index (κ1) is 10.6. The topological polar surface area (TPSA) is 54.5 Å². The second kappa shape index (κ2) is 5.32. The summed E-state index contributed by atoms with van der Waals surface area (Å²) in [5, 5.41) is 7.60. The Balaban J connectivity index is 0.000000293. The van der Waals surface area contributed by atoms with Crippen LogP contribution in [0.1, 0.15) is 33.0 Å². The molecule has 0 spiro atoms. The molecule has 0 amide bonds. The third-order valence-corrected chi connectivity index (χ3v) is 1.56. The fraction of sp³-hybridized carbons (Fsp3) is 0.500. The molecular formula is C10H16N4. The van der Waals surface area contributed by atoms with E-state index in [1.54, 1.807) is 12.4 Å². The van der Waals surface area contributed by atoms with Gasteiger partial charge in [0.1, 0.15) is 5.82 Å². The number of nitrogens with one attached hydrogen (secondary N) is 1. The van der Waals surface area contributed by atoms with E-state index in [1.165, 1.54) is 6.42 Å². The van der Waals surface area contributed by atoms with E-state index in [0.29, 0.717) is 0 Å². The highest BCUT2D eigenvalue weighted by atomic mass is 15.1.